The quantitative estimate of drug-likeness (QED) is 0.814. The minimum absolute atomic E-state index is 0.00900. The first-order valence-electron chi connectivity index (χ1n) is 5.93. The topological polar surface area (TPSA) is 41.1 Å². The number of aryl methyl sites for hydroxylation is 1. The number of anilines is 1. The summed E-state index contributed by atoms with van der Waals surface area (Å²) in [7, 11) is 0. The first kappa shape index (κ1) is 11.1. The van der Waals surface area contributed by atoms with Crippen molar-refractivity contribution >= 4 is 11.6 Å². The maximum absolute atomic E-state index is 11.8. The summed E-state index contributed by atoms with van der Waals surface area (Å²) in [5, 5.41) is 6.15. The Balaban J connectivity index is 1.99. The van der Waals surface area contributed by atoms with Crippen molar-refractivity contribution in [2.24, 2.45) is 0 Å². The van der Waals surface area contributed by atoms with Crippen LogP contribution in [0.15, 0.2) is 24.3 Å². The van der Waals surface area contributed by atoms with Gasteiger partial charge in [0.05, 0.1) is 6.04 Å². The van der Waals surface area contributed by atoms with Crippen LogP contribution in [0.3, 0.4) is 0 Å². The molecule has 16 heavy (non-hydrogen) atoms. The minimum atomic E-state index is -0.00900. The fourth-order valence-corrected chi connectivity index (χ4v) is 2.01. The maximum Gasteiger partial charge on any atom is 0.241 e. The summed E-state index contributed by atoms with van der Waals surface area (Å²) in [5.41, 5.74) is 2.15. The van der Waals surface area contributed by atoms with E-state index in [0.717, 1.165) is 31.5 Å². The van der Waals surface area contributed by atoms with E-state index in [4.69, 9.17) is 0 Å². The molecule has 0 aliphatic carbocycles. The van der Waals surface area contributed by atoms with Gasteiger partial charge in [0.15, 0.2) is 0 Å². The molecule has 0 radical (unpaired) electrons. The minimum Gasteiger partial charge on any atom is -0.325 e. The highest BCUT2D eigenvalue weighted by Crippen LogP contribution is 2.13. The number of hydrogen-bond donors (Lipinski definition) is 2. The second kappa shape index (κ2) is 5.12. The molecule has 1 aromatic rings. The third-order valence-corrected chi connectivity index (χ3v) is 2.98. The van der Waals surface area contributed by atoms with E-state index >= 15 is 0 Å². The molecule has 1 fully saturated rings. The van der Waals surface area contributed by atoms with E-state index in [0.29, 0.717) is 0 Å². The molecule has 0 bridgehead atoms. The summed E-state index contributed by atoms with van der Waals surface area (Å²) in [6.07, 6.45) is 3.03. The maximum atomic E-state index is 11.8. The molecule has 1 aromatic carbocycles. The van der Waals surface area contributed by atoms with E-state index < -0.39 is 0 Å². The fourth-order valence-electron chi connectivity index (χ4n) is 2.01. The van der Waals surface area contributed by atoms with E-state index in [-0.39, 0.29) is 11.9 Å². The Morgan fingerprint density at radius 1 is 1.56 bits per heavy atom. The molecular weight excluding hydrogens is 200 g/mol. The van der Waals surface area contributed by atoms with Gasteiger partial charge in [0.2, 0.25) is 5.91 Å². The van der Waals surface area contributed by atoms with Gasteiger partial charge in [-0.3, -0.25) is 4.79 Å². The molecule has 0 unspecified atom stereocenters. The first-order valence-corrected chi connectivity index (χ1v) is 5.93. The Kier molecular flexibility index (Phi) is 3.57. The summed E-state index contributed by atoms with van der Waals surface area (Å²) in [4.78, 5) is 11.8. The number of nitrogens with one attached hydrogen (secondary N) is 2. The Labute approximate surface area is 96.2 Å². The van der Waals surface area contributed by atoms with Gasteiger partial charge in [0.25, 0.3) is 0 Å². The lowest BCUT2D eigenvalue weighted by Gasteiger charge is -2.11. The van der Waals surface area contributed by atoms with Gasteiger partial charge in [0, 0.05) is 5.69 Å². The second-order valence-corrected chi connectivity index (χ2v) is 4.19. The summed E-state index contributed by atoms with van der Waals surface area (Å²) >= 11 is 0. The van der Waals surface area contributed by atoms with Crippen LogP contribution in [0.25, 0.3) is 0 Å². The standard InChI is InChI=1S/C13H18N2O/c1-2-10-5-3-6-11(9-10)15-13(16)12-7-4-8-14-12/h3,5-6,9,12,14H,2,4,7-8H2,1H3,(H,15,16)/t12-/m1/s1. The van der Waals surface area contributed by atoms with Crippen LogP contribution in [0.2, 0.25) is 0 Å². The molecule has 86 valence electrons. The van der Waals surface area contributed by atoms with Crippen molar-refractivity contribution in [3.63, 3.8) is 0 Å². The highest BCUT2D eigenvalue weighted by molar-refractivity contribution is 5.95. The third-order valence-electron chi connectivity index (χ3n) is 2.98. The molecule has 1 aliphatic rings. The van der Waals surface area contributed by atoms with Crippen LogP contribution in [-0.4, -0.2) is 18.5 Å². The summed E-state index contributed by atoms with van der Waals surface area (Å²) in [6.45, 7) is 3.06. The lowest BCUT2D eigenvalue weighted by Crippen LogP contribution is -2.35. The van der Waals surface area contributed by atoms with Crippen molar-refractivity contribution in [1.82, 2.24) is 5.32 Å². The number of amides is 1. The van der Waals surface area contributed by atoms with E-state index in [2.05, 4.69) is 23.6 Å². The Morgan fingerprint density at radius 3 is 3.12 bits per heavy atom. The second-order valence-electron chi connectivity index (χ2n) is 4.19. The average Bonchev–Trinajstić information content (AvgIpc) is 2.83. The average molecular weight is 218 g/mol. The first-order chi connectivity index (χ1) is 7.79. The molecule has 1 atom stereocenters. The molecular formula is C13H18N2O. The SMILES string of the molecule is CCc1cccc(NC(=O)[C@H]2CCCN2)c1. The molecule has 2 rings (SSSR count). The zero-order valence-electron chi connectivity index (χ0n) is 9.62. The predicted molar refractivity (Wildman–Crippen MR) is 65.5 cm³/mol. The van der Waals surface area contributed by atoms with Crippen molar-refractivity contribution in [2.45, 2.75) is 32.2 Å². The molecule has 1 saturated heterocycles. The number of rotatable bonds is 3. The third kappa shape index (κ3) is 2.61. The largest absolute Gasteiger partial charge is 0.325 e. The van der Waals surface area contributed by atoms with E-state index in [9.17, 15) is 4.79 Å². The highest BCUT2D eigenvalue weighted by Gasteiger charge is 2.21. The van der Waals surface area contributed by atoms with Gasteiger partial charge < -0.3 is 10.6 Å². The molecule has 1 aliphatic heterocycles. The van der Waals surface area contributed by atoms with Crippen molar-refractivity contribution in [1.29, 1.82) is 0 Å². The zero-order valence-corrected chi connectivity index (χ0v) is 9.62. The van der Waals surface area contributed by atoms with Crippen LogP contribution in [0.1, 0.15) is 25.3 Å². The van der Waals surface area contributed by atoms with E-state index in [1.54, 1.807) is 0 Å². The number of carbonyl (C=O) groups is 1. The van der Waals surface area contributed by atoms with Crippen LogP contribution >= 0.6 is 0 Å². The lowest BCUT2D eigenvalue weighted by molar-refractivity contribution is -0.117. The van der Waals surface area contributed by atoms with Gasteiger partial charge in [-0.1, -0.05) is 19.1 Å². The van der Waals surface area contributed by atoms with Gasteiger partial charge >= 0.3 is 0 Å². The zero-order chi connectivity index (χ0) is 11.4. The van der Waals surface area contributed by atoms with Crippen LogP contribution in [-0.2, 0) is 11.2 Å². The Hall–Kier alpha value is -1.35. The van der Waals surface area contributed by atoms with Gasteiger partial charge in [0.1, 0.15) is 0 Å². The van der Waals surface area contributed by atoms with Crippen LogP contribution in [0.5, 0.6) is 0 Å². The number of hydrogen-bond acceptors (Lipinski definition) is 2. The van der Waals surface area contributed by atoms with Gasteiger partial charge in [-0.2, -0.15) is 0 Å². The summed E-state index contributed by atoms with van der Waals surface area (Å²) in [6, 6.07) is 8.02. The van der Waals surface area contributed by atoms with Crippen molar-refractivity contribution < 1.29 is 4.79 Å². The van der Waals surface area contributed by atoms with Crippen LogP contribution in [0.4, 0.5) is 5.69 Å². The normalized spacial score (nSPS) is 19.7. The van der Waals surface area contributed by atoms with Gasteiger partial charge in [-0.25, -0.2) is 0 Å². The smallest absolute Gasteiger partial charge is 0.241 e. The molecule has 0 aromatic heterocycles. The fraction of sp³-hybridized carbons (Fsp3) is 0.462. The number of carbonyl (C=O) groups excluding carboxylic acids is 1. The van der Waals surface area contributed by atoms with Gasteiger partial charge in [-0.05, 0) is 43.5 Å². The summed E-state index contributed by atoms with van der Waals surface area (Å²) < 4.78 is 0. The van der Waals surface area contributed by atoms with E-state index in [1.165, 1.54) is 5.56 Å². The molecule has 0 spiro atoms. The molecule has 0 saturated carbocycles. The molecule has 3 nitrogen and oxygen atoms in total. The Morgan fingerprint density at radius 2 is 2.44 bits per heavy atom. The lowest BCUT2D eigenvalue weighted by atomic mass is 10.1. The molecule has 3 heteroatoms. The van der Waals surface area contributed by atoms with Crippen LogP contribution in [0, 0.1) is 0 Å². The Bertz CT molecular complexity index is 370. The molecule has 1 heterocycles. The van der Waals surface area contributed by atoms with Crippen molar-refractivity contribution in [3.8, 4) is 0 Å². The van der Waals surface area contributed by atoms with Crippen molar-refractivity contribution in [2.75, 3.05) is 11.9 Å². The molecule has 1 amide bonds. The van der Waals surface area contributed by atoms with Crippen molar-refractivity contribution in [3.05, 3.63) is 29.8 Å². The van der Waals surface area contributed by atoms with Gasteiger partial charge in [-0.15, -0.1) is 0 Å². The monoisotopic (exact) mass is 218 g/mol. The predicted octanol–water partition coefficient (Wildman–Crippen LogP) is 1.94. The van der Waals surface area contributed by atoms with Crippen LogP contribution < -0.4 is 10.6 Å². The van der Waals surface area contributed by atoms with E-state index in [1.807, 2.05) is 18.2 Å². The molecule has 2 N–H and O–H groups in total. The highest BCUT2D eigenvalue weighted by atomic mass is 16.2. The number of benzene rings is 1. The summed E-state index contributed by atoms with van der Waals surface area (Å²) in [5.74, 6) is 0.0887.